The number of nitrogens with zero attached hydrogens (tertiary/aromatic N) is 4. The molecule has 122 valence electrons. The molecule has 0 aromatic carbocycles. The zero-order valence-corrected chi connectivity index (χ0v) is 13.2. The van der Waals surface area contributed by atoms with Gasteiger partial charge in [-0.2, -0.15) is 0 Å². The van der Waals surface area contributed by atoms with E-state index >= 15 is 0 Å². The first-order chi connectivity index (χ1) is 11.3. The highest BCUT2D eigenvalue weighted by atomic mass is 16.5. The first kappa shape index (κ1) is 15.6. The Bertz CT molecular complexity index is 656. The van der Waals surface area contributed by atoms with Gasteiger partial charge in [0.25, 0.3) is 0 Å². The summed E-state index contributed by atoms with van der Waals surface area (Å²) in [4.78, 5) is 16.5. The molecule has 0 spiro atoms. The standard InChI is InChI=1S/C16H21N5O2/c1-23-11-3-7-18-16(22)13-4-2-10-21-14(19-20-15(13)21)12-5-8-17-9-6-12/h5-6,8-9,13H,2-4,7,10-11H2,1H3,(H,18,22). The van der Waals surface area contributed by atoms with E-state index < -0.39 is 0 Å². The van der Waals surface area contributed by atoms with Crippen molar-refractivity contribution in [1.82, 2.24) is 25.1 Å². The van der Waals surface area contributed by atoms with Gasteiger partial charge in [-0.05, 0) is 31.4 Å². The zero-order chi connectivity index (χ0) is 16.1. The summed E-state index contributed by atoms with van der Waals surface area (Å²) in [6, 6.07) is 3.82. The van der Waals surface area contributed by atoms with Crippen LogP contribution in [-0.4, -0.2) is 45.9 Å². The van der Waals surface area contributed by atoms with Gasteiger partial charge in [-0.1, -0.05) is 0 Å². The van der Waals surface area contributed by atoms with Gasteiger partial charge in [-0.15, -0.1) is 10.2 Å². The van der Waals surface area contributed by atoms with Crippen LogP contribution >= 0.6 is 0 Å². The van der Waals surface area contributed by atoms with Crippen molar-refractivity contribution in [2.24, 2.45) is 0 Å². The number of hydrogen-bond acceptors (Lipinski definition) is 5. The highest BCUT2D eigenvalue weighted by Crippen LogP contribution is 2.30. The molecule has 1 amide bonds. The van der Waals surface area contributed by atoms with Crippen molar-refractivity contribution >= 4 is 5.91 Å². The molecule has 0 bridgehead atoms. The second-order valence-electron chi connectivity index (χ2n) is 5.60. The van der Waals surface area contributed by atoms with Crippen molar-refractivity contribution in [2.75, 3.05) is 20.3 Å². The SMILES string of the molecule is COCCCNC(=O)C1CCCn2c(-c3ccncc3)nnc21. The Morgan fingerprint density at radius 3 is 3.00 bits per heavy atom. The lowest BCUT2D eigenvalue weighted by atomic mass is 9.97. The summed E-state index contributed by atoms with van der Waals surface area (Å²) < 4.78 is 7.05. The van der Waals surface area contributed by atoms with Gasteiger partial charge in [0.05, 0.1) is 5.92 Å². The molecule has 0 aliphatic carbocycles. The van der Waals surface area contributed by atoms with Crippen LogP contribution in [0.5, 0.6) is 0 Å². The number of amides is 1. The number of ether oxygens (including phenoxy) is 1. The monoisotopic (exact) mass is 315 g/mol. The van der Waals surface area contributed by atoms with Crippen molar-refractivity contribution in [3.63, 3.8) is 0 Å². The zero-order valence-electron chi connectivity index (χ0n) is 13.2. The maximum absolute atomic E-state index is 12.4. The maximum atomic E-state index is 12.4. The Hall–Kier alpha value is -2.28. The van der Waals surface area contributed by atoms with Crippen molar-refractivity contribution in [3.8, 4) is 11.4 Å². The van der Waals surface area contributed by atoms with Crippen LogP contribution in [0.15, 0.2) is 24.5 Å². The van der Waals surface area contributed by atoms with Crippen LogP contribution in [0.1, 0.15) is 31.0 Å². The molecule has 1 unspecified atom stereocenters. The molecule has 0 saturated carbocycles. The molecular formula is C16H21N5O2. The summed E-state index contributed by atoms with van der Waals surface area (Å²) in [6.07, 6.45) is 6.04. The van der Waals surface area contributed by atoms with Gasteiger partial charge in [-0.3, -0.25) is 9.78 Å². The van der Waals surface area contributed by atoms with Crippen LogP contribution in [0, 0.1) is 0 Å². The molecular weight excluding hydrogens is 294 g/mol. The topological polar surface area (TPSA) is 81.9 Å². The van der Waals surface area contributed by atoms with Gasteiger partial charge in [0, 0.05) is 44.8 Å². The second-order valence-corrected chi connectivity index (χ2v) is 5.60. The first-order valence-corrected chi connectivity index (χ1v) is 7.91. The molecule has 1 atom stereocenters. The molecule has 2 aromatic heterocycles. The highest BCUT2D eigenvalue weighted by Gasteiger charge is 2.30. The third-order valence-corrected chi connectivity index (χ3v) is 4.05. The van der Waals surface area contributed by atoms with Crippen molar-refractivity contribution < 1.29 is 9.53 Å². The fraction of sp³-hybridized carbons (Fsp3) is 0.500. The van der Waals surface area contributed by atoms with Crippen LogP contribution in [0.4, 0.5) is 0 Å². The largest absolute Gasteiger partial charge is 0.385 e. The lowest BCUT2D eigenvalue weighted by Crippen LogP contribution is -2.34. The van der Waals surface area contributed by atoms with E-state index in [4.69, 9.17) is 4.74 Å². The Morgan fingerprint density at radius 2 is 2.22 bits per heavy atom. The Kier molecular flexibility index (Phi) is 4.97. The third kappa shape index (κ3) is 3.39. The van der Waals surface area contributed by atoms with Gasteiger partial charge in [0.2, 0.25) is 5.91 Å². The van der Waals surface area contributed by atoms with E-state index in [0.29, 0.717) is 13.2 Å². The van der Waals surface area contributed by atoms with E-state index in [-0.39, 0.29) is 11.8 Å². The number of nitrogens with one attached hydrogen (secondary N) is 1. The van der Waals surface area contributed by atoms with E-state index in [1.165, 1.54) is 0 Å². The average Bonchev–Trinajstić information content (AvgIpc) is 3.03. The molecule has 1 aliphatic rings. The smallest absolute Gasteiger partial charge is 0.230 e. The number of pyridine rings is 1. The summed E-state index contributed by atoms with van der Waals surface area (Å²) in [6.45, 7) is 2.11. The third-order valence-electron chi connectivity index (χ3n) is 4.05. The molecule has 3 rings (SSSR count). The van der Waals surface area contributed by atoms with Gasteiger partial charge in [0.1, 0.15) is 5.82 Å². The fourth-order valence-electron chi connectivity index (χ4n) is 2.89. The number of hydrogen-bond donors (Lipinski definition) is 1. The lowest BCUT2D eigenvalue weighted by molar-refractivity contribution is -0.123. The van der Waals surface area contributed by atoms with E-state index in [0.717, 1.165) is 43.0 Å². The molecule has 0 saturated heterocycles. The normalized spacial score (nSPS) is 16.8. The molecule has 0 radical (unpaired) electrons. The minimum atomic E-state index is -0.227. The minimum Gasteiger partial charge on any atom is -0.385 e. The van der Waals surface area contributed by atoms with Gasteiger partial charge in [0.15, 0.2) is 5.82 Å². The van der Waals surface area contributed by atoms with E-state index in [9.17, 15) is 4.79 Å². The molecule has 23 heavy (non-hydrogen) atoms. The molecule has 2 aromatic rings. The number of rotatable bonds is 6. The summed E-state index contributed by atoms with van der Waals surface area (Å²) in [5.74, 6) is 1.36. The number of aromatic nitrogens is 4. The molecule has 7 nitrogen and oxygen atoms in total. The lowest BCUT2D eigenvalue weighted by Gasteiger charge is -2.23. The van der Waals surface area contributed by atoms with Crippen LogP contribution in [-0.2, 0) is 16.1 Å². The first-order valence-electron chi connectivity index (χ1n) is 7.91. The highest BCUT2D eigenvalue weighted by molar-refractivity contribution is 5.83. The Morgan fingerprint density at radius 1 is 1.39 bits per heavy atom. The summed E-state index contributed by atoms with van der Waals surface area (Å²) in [5.41, 5.74) is 0.972. The number of carbonyl (C=O) groups is 1. The van der Waals surface area contributed by atoms with E-state index in [1.54, 1.807) is 19.5 Å². The predicted octanol–water partition coefficient (Wildman–Crippen LogP) is 1.37. The van der Waals surface area contributed by atoms with E-state index in [1.807, 2.05) is 12.1 Å². The average molecular weight is 315 g/mol. The van der Waals surface area contributed by atoms with Crippen molar-refractivity contribution in [3.05, 3.63) is 30.4 Å². The molecule has 3 heterocycles. The maximum Gasteiger partial charge on any atom is 0.230 e. The molecule has 1 aliphatic heterocycles. The van der Waals surface area contributed by atoms with Crippen LogP contribution in [0.25, 0.3) is 11.4 Å². The molecule has 0 fully saturated rings. The number of carbonyl (C=O) groups excluding carboxylic acids is 1. The van der Waals surface area contributed by atoms with Gasteiger partial charge >= 0.3 is 0 Å². The van der Waals surface area contributed by atoms with Crippen LogP contribution < -0.4 is 5.32 Å². The predicted molar refractivity (Wildman–Crippen MR) is 84.7 cm³/mol. The second kappa shape index (κ2) is 7.32. The van der Waals surface area contributed by atoms with Gasteiger partial charge < -0.3 is 14.6 Å². The molecule has 1 N–H and O–H groups in total. The number of methoxy groups -OCH3 is 1. The van der Waals surface area contributed by atoms with Crippen molar-refractivity contribution in [2.45, 2.75) is 31.7 Å². The number of fused-ring (bicyclic) bond motifs is 1. The Balaban J connectivity index is 1.76. The summed E-state index contributed by atoms with van der Waals surface area (Å²) in [5, 5.41) is 11.5. The van der Waals surface area contributed by atoms with Crippen LogP contribution in [0.2, 0.25) is 0 Å². The Labute approximate surface area is 135 Å². The fourth-order valence-corrected chi connectivity index (χ4v) is 2.89. The van der Waals surface area contributed by atoms with E-state index in [2.05, 4.69) is 25.1 Å². The molecule has 7 heteroatoms. The van der Waals surface area contributed by atoms with Crippen LogP contribution in [0.3, 0.4) is 0 Å². The summed E-state index contributed by atoms with van der Waals surface area (Å²) in [7, 11) is 1.66. The minimum absolute atomic E-state index is 0.0238. The summed E-state index contributed by atoms with van der Waals surface area (Å²) >= 11 is 0. The van der Waals surface area contributed by atoms with Crippen molar-refractivity contribution in [1.29, 1.82) is 0 Å². The van der Waals surface area contributed by atoms with Gasteiger partial charge in [-0.25, -0.2) is 0 Å². The quantitative estimate of drug-likeness (QED) is 0.814.